The summed E-state index contributed by atoms with van der Waals surface area (Å²) in [6.45, 7) is 7.04. The molecular formula is C23H29N3O4. The van der Waals surface area contributed by atoms with Gasteiger partial charge in [-0.25, -0.2) is 4.79 Å². The van der Waals surface area contributed by atoms with Gasteiger partial charge in [0.2, 0.25) is 11.8 Å². The average Bonchev–Trinajstić information content (AvgIpc) is 2.65. The lowest BCUT2D eigenvalue weighted by Crippen LogP contribution is -2.40. The summed E-state index contributed by atoms with van der Waals surface area (Å²) in [7, 11) is 1.69. The quantitative estimate of drug-likeness (QED) is 0.757. The van der Waals surface area contributed by atoms with E-state index in [1.165, 1.54) is 6.92 Å². The van der Waals surface area contributed by atoms with Gasteiger partial charge in [-0.1, -0.05) is 30.3 Å². The molecule has 0 spiro atoms. The average molecular weight is 412 g/mol. The first-order valence-corrected chi connectivity index (χ1v) is 9.71. The highest BCUT2D eigenvalue weighted by Crippen LogP contribution is 2.23. The van der Waals surface area contributed by atoms with E-state index in [-0.39, 0.29) is 18.4 Å². The molecule has 0 atom stereocenters. The number of alkyl carbamates (subject to hydrolysis) is 1. The lowest BCUT2D eigenvalue weighted by Gasteiger charge is -2.21. The summed E-state index contributed by atoms with van der Waals surface area (Å²) < 4.78 is 5.14. The Balaban J connectivity index is 1.96. The molecule has 2 aromatic rings. The summed E-state index contributed by atoms with van der Waals surface area (Å²) in [4.78, 5) is 36.7. The monoisotopic (exact) mass is 411 g/mol. The number of hydrogen-bond acceptors (Lipinski definition) is 4. The Morgan fingerprint density at radius 2 is 1.67 bits per heavy atom. The highest BCUT2D eigenvalue weighted by Gasteiger charge is 2.17. The van der Waals surface area contributed by atoms with Gasteiger partial charge in [-0.05, 0) is 55.7 Å². The smallest absolute Gasteiger partial charge is 0.408 e. The van der Waals surface area contributed by atoms with Gasteiger partial charge in [0.1, 0.15) is 12.1 Å². The summed E-state index contributed by atoms with van der Waals surface area (Å²) in [6, 6.07) is 15.4. The van der Waals surface area contributed by atoms with Gasteiger partial charge in [0.15, 0.2) is 0 Å². The molecule has 0 fully saturated rings. The number of nitrogens with one attached hydrogen (secondary N) is 2. The van der Waals surface area contributed by atoms with Crippen molar-refractivity contribution >= 4 is 23.6 Å². The van der Waals surface area contributed by atoms with E-state index in [1.54, 1.807) is 32.7 Å². The molecule has 0 aliphatic carbocycles. The molecule has 0 saturated heterocycles. The highest BCUT2D eigenvalue weighted by atomic mass is 16.6. The first kappa shape index (κ1) is 22.9. The standard InChI is InChI=1S/C23H29N3O4/c1-16(27)25-20-11-9-18(10-12-20)19-8-6-7-17(13-19)15-26(5)21(28)14-24-22(29)30-23(2,3)4/h6-13H,14-15H2,1-5H3,(H,24,29)(H,25,27). The molecule has 0 bridgehead atoms. The first-order chi connectivity index (χ1) is 14.0. The van der Waals surface area contributed by atoms with Crippen LogP contribution in [0.25, 0.3) is 11.1 Å². The predicted molar refractivity (Wildman–Crippen MR) is 117 cm³/mol. The normalized spacial score (nSPS) is 10.8. The fourth-order valence-electron chi connectivity index (χ4n) is 2.76. The maximum Gasteiger partial charge on any atom is 0.408 e. The Morgan fingerprint density at radius 1 is 1.00 bits per heavy atom. The molecule has 0 radical (unpaired) electrons. The van der Waals surface area contributed by atoms with E-state index in [2.05, 4.69) is 10.6 Å². The second kappa shape index (κ2) is 9.91. The van der Waals surface area contributed by atoms with E-state index >= 15 is 0 Å². The van der Waals surface area contributed by atoms with Crippen LogP contribution in [0.4, 0.5) is 10.5 Å². The lowest BCUT2D eigenvalue weighted by molar-refractivity contribution is -0.129. The van der Waals surface area contributed by atoms with Crippen molar-refractivity contribution in [3.8, 4) is 11.1 Å². The van der Waals surface area contributed by atoms with E-state index in [1.807, 2.05) is 48.5 Å². The van der Waals surface area contributed by atoms with Crippen molar-refractivity contribution < 1.29 is 19.1 Å². The molecule has 2 aromatic carbocycles. The molecule has 7 heteroatoms. The number of amides is 3. The maximum absolute atomic E-state index is 12.3. The Labute approximate surface area is 177 Å². The summed E-state index contributed by atoms with van der Waals surface area (Å²) in [5.74, 6) is -0.329. The van der Waals surface area contributed by atoms with E-state index in [4.69, 9.17) is 4.74 Å². The lowest BCUT2D eigenvalue weighted by atomic mass is 10.0. The van der Waals surface area contributed by atoms with Crippen LogP contribution in [-0.4, -0.2) is 42.0 Å². The van der Waals surface area contributed by atoms with Gasteiger partial charge >= 0.3 is 6.09 Å². The largest absolute Gasteiger partial charge is 0.444 e. The minimum absolute atomic E-state index is 0.112. The van der Waals surface area contributed by atoms with Crippen molar-refractivity contribution in [3.63, 3.8) is 0 Å². The highest BCUT2D eigenvalue weighted by molar-refractivity contribution is 5.89. The number of ether oxygens (including phenoxy) is 1. The van der Waals surface area contributed by atoms with Crippen LogP contribution < -0.4 is 10.6 Å². The number of nitrogens with zero attached hydrogens (tertiary/aromatic N) is 1. The summed E-state index contributed by atoms with van der Waals surface area (Å²) >= 11 is 0. The zero-order chi connectivity index (χ0) is 22.3. The minimum Gasteiger partial charge on any atom is -0.444 e. The van der Waals surface area contributed by atoms with Crippen LogP contribution in [0.3, 0.4) is 0 Å². The Morgan fingerprint density at radius 3 is 2.27 bits per heavy atom. The van der Waals surface area contributed by atoms with Crippen LogP contribution in [0, 0.1) is 0 Å². The molecule has 2 rings (SSSR count). The van der Waals surface area contributed by atoms with Crippen molar-refractivity contribution in [3.05, 3.63) is 54.1 Å². The second-order valence-electron chi connectivity index (χ2n) is 8.06. The molecule has 7 nitrogen and oxygen atoms in total. The van der Waals surface area contributed by atoms with Gasteiger partial charge < -0.3 is 20.3 Å². The van der Waals surface area contributed by atoms with Crippen molar-refractivity contribution in [1.29, 1.82) is 0 Å². The van der Waals surface area contributed by atoms with Crippen LogP contribution >= 0.6 is 0 Å². The first-order valence-electron chi connectivity index (χ1n) is 9.71. The van der Waals surface area contributed by atoms with Crippen molar-refractivity contribution in [2.75, 3.05) is 18.9 Å². The fraction of sp³-hybridized carbons (Fsp3) is 0.348. The van der Waals surface area contributed by atoms with Gasteiger partial charge in [-0.15, -0.1) is 0 Å². The molecule has 160 valence electrons. The predicted octanol–water partition coefficient (Wildman–Crippen LogP) is 3.80. The third-order valence-corrected chi connectivity index (χ3v) is 4.09. The van der Waals surface area contributed by atoms with Gasteiger partial charge in [-0.3, -0.25) is 9.59 Å². The van der Waals surface area contributed by atoms with E-state index in [0.29, 0.717) is 6.54 Å². The van der Waals surface area contributed by atoms with Gasteiger partial charge in [-0.2, -0.15) is 0 Å². The Hall–Kier alpha value is -3.35. The number of carbonyl (C=O) groups excluding carboxylic acids is 3. The molecule has 0 unspecified atom stereocenters. The molecule has 3 amide bonds. The topological polar surface area (TPSA) is 87.7 Å². The maximum atomic E-state index is 12.3. The molecule has 2 N–H and O–H groups in total. The molecular weight excluding hydrogens is 382 g/mol. The molecule has 0 heterocycles. The van der Waals surface area contributed by atoms with Crippen LogP contribution in [0.15, 0.2) is 48.5 Å². The Bertz CT molecular complexity index is 901. The molecule has 30 heavy (non-hydrogen) atoms. The minimum atomic E-state index is -0.617. The van der Waals surface area contributed by atoms with Crippen LogP contribution in [0.2, 0.25) is 0 Å². The van der Waals surface area contributed by atoms with E-state index in [0.717, 1.165) is 22.4 Å². The molecule has 0 aromatic heterocycles. The molecule has 0 aliphatic rings. The van der Waals surface area contributed by atoms with E-state index < -0.39 is 11.7 Å². The Kier molecular flexibility index (Phi) is 7.58. The number of rotatable bonds is 6. The summed E-state index contributed by atoms with van der Waals surface area (Å²) in [5.41, 5.74) is 3.11. The van der Waals surface area contributed by atoms with Gasteiger partial charge in [0.05, 0.1) is 0 Å². The summed E-state index contributed by atoms with van der Waals surface area (Å²) in [5, 5.41) is 5.22. The number of benzene rings is 2. The number of likely N-dealkylation sites (N-methyl/N-ethyl adjacent to an activating group) is 1. The number of carbonyl (C=O) groups is 3. The zero-order valence-electron chi connectivity index (χ0n) is 18.1. The van der Waals surface area contributed by atoms with Crippen molar-refractivity contribution in [2.45, 2.75) is 39.8 Å². The molecule has 0 saturated carbocycles. The second-order valence-corrected chi connectivity index (χ2v) is 8.06. The van der Waals surface area contributed by atoms with Crippen LogP contribution in [-0.2, 0) is 20.9 Å². The molecule has 0 aliphatic heterocycles. The van der Waals surface area contributed by atoms with Crippen LogP contribution in [0.1, 0.15) is 33.3 Å². The number of hydrogen-bond donors (Lipinski definition) is 2. The fourth-order valence-corrected chi connectivity index (χ4v) is 2.76. The van der Waals surface area contributed by atoms with Crippen LogP contribution in [0.5, 0.6) is 0 Å². The zero-order valence-corrected chi connectivity index (χ0v) is 18.1. The third kappa shape index (κ3) is 7.58. The van der Waals surface area contributed by atoms with Crippen molar-refractivity contribution in [1.82, 2.24) is 10.2 Å². The summed E-state index contributed by atoms with van der Waals surface area (Å²) in [6.07, 6.45) is -0.617. The van der Waals surface area contributed by atoms with Gasteiger partial charge in [0, 0.05) is 26.2 Å². The third-order valence-electron chi connectivity index (χ3n) is 4.09. The van der Waals surface area contributed by atoms with Crippen molar-refractivity contribution in [2.24, 2.45) is 0 Å². The SMILES string of the molecule is CC(=O)Nc1ccc(-c2cccc(CN(C)C(=O)CNC(=O)OC(C)(C)C)c2)cc1. The number of anilines is 1. The van der Waals surface area contributed by atoms with E-state index in [9.17, 15) is 14.4 Å². The van der Waals surface area contributed by atoms with Gasteiger partial charge in [0.25, 0.3) is 0 Å².